The van der Waals surface area contributed by atoms with Crippen molar-refractivity contribution in [2.45, 2.75) is 13.5 Å². The molecule has 104 valence electrons. The number of halogens is 2. The summed E-state index contributed by atoms with van der Waals surface area (Å²) >= 11 is 5.60. The molecule has 0 atom stereocenters. The Morgan fingerprint density at radius 2 is 2.05 bits per heavy atom. The monoisotopic (exact) mass is 294 g/mol. The molecule has 2 aromatic rings. The van der Waals surface area contributed by atoms with E-state index >= 15 is 0 Å². The van der Waals surface area contributed by atoms with Crippen molar-refractivity contribution < 1.29 is 9.31 Å². The molecule has 0 aliphatic carbocycles. The summed E-state index contributed by atoms with van der Waals surface area (Å²) in [7, 11) is 0. The second kappa shape index (κ2) is 5.88. The fourth-order valence-corrected chi connectivity index (χ4v) is 1.92. The van der Waals surface area contributed by atoms with Crippen LogP contribution in [0.5, 0.6) is 0 Å². The Morgan fingerprint density at radius 3 is 2.70 bits per heavy atom. The quantitative estimate of drug-likeness (QED) is 0.675. The van der Waals surface area contributed by atoms with Gasteiger partial charge in [-0.1, -0.05) is 23.7 Å². The molecule has 0 saturated carbocycles. The predicted octanol–water partition coefficient (Wildman–Crippen LogP) is 4.31. The Morgan fingerprint density at radius 1 is 1.30 bits per heavy atom. The van der Waals surface area contributed by atoms with Gasteiger partial charge in [-0.3, -0.25) is 10.1 Å². The summed E-state index contributed by atoms with van der Waals surface area (Å²) in [5, 5.41) is 13.9. The molecule has 0 saturated heterocycles. The number of hydrogen-bond acceptors (Lipinski definition) is 3. The van der Waals surface area contributed by atoms with Gasteiger partial charge in [0.05, 0.1) is 9.95 Å². The fourth-order valence-electron chi connectivity index (χ4n) is 1.80. The van der Waals surface area contributed by atoms with Crippen molar-refractivity contribution >= 4 is 23.0 Å². The van der Waals surface area contributed by atoms with E-state index in [0.29, 0.717) is 11.3 Å². The number of nitro benzene ring substituents is 1. The highest BCUT2D eigenvalue weighted by molar-refractivity contribution is 6.30. The first kappa shape index (κ1) is 14.3. The first-order valence-corrected chi connectivity index (χ1v) is 6.28. The number of nitrogens with zero attached hydrogens (tertiary/aromatic N) is 1. The predicted molar refractivity (Wildman–Crippen MR) is 76.6 cm³/mol. The fraction of sp³-hybridized carbons (Fsp3) is 0.143. The lowest BCUT2D eigenvalue weighted by Crippen LogP contribution is -2.03. The van der Waals surface area contributed by atoms with E-state index in [1.54, 1.807) is 18.2 Å². The zero-order chi connectivity index (χ0) is 14.7. The number of nitrogens with one attached hydrogen (secondary N) is 1. The zero-order valence-corrected chi connectivity index (χ0v) is 11.4. The molecule has 0 aromatic heterocycles. The molecule has 0 fully saturated rings. The summed E-state index contributed by atoms with van der Waals surface area (Å²) in [5.41, 5.74) is 1.96. The second-order valence-corrected chi connectivity index (χ2v) is 4.79. The van der Waals surface area contributed by atoms with Crippen LogP contribution in [0.1, 0.15) is 11.1 Å². The van der Waals surface area contributed by atoms with Gasteiger partial charge in [-0.2, -0.15) is 0 Å². The van der Waals surface area contributed by atoms with E-state index < -0.39 is 10.7 Å². The molecule has 2 rings (SSSR count). The van der Waals surface area contributed by atoms with Gasteiger partial charge in [-0.15, -0.1) is 0 Å². The zero-order valence-electron chi connectivity index (χ0n) is 10.7. The van der Waals surface area contributed by atoms with Crippen molar-refractivity contribution in [2.24, 2.45) is 0 Å². The van der Waals surface area contributed by atoms with Crippen LogP contribution < -0.4 is 5.32 Å². The average molecular weight is 295 g/mol. The SMILES string of the molecule is Cc1ccc([N+](=O)[O-])c(NCc2ccc(Cl)c(F)c2)c1. The maximum atomic E-state index is 13.3. The molecule has 6 heteroatoms. The Labute approximate surface area is 120 Å². The van der Waals surface area contributed by atoms with Crippen molar-refractivity contribution in [3.63, 3.8) is 0 Å². The van der Waals surface area contributed by atoms with Crippen LogP contribution in [-0.2, 0) is 6.54 Å². The van der Waals surface area contributed by atoms with Gasteiger partial charge >= 0.3 is 0 Å². The lowest BCUT2D eigenvalue weighted by Gasteiger charge is -2.08. The van der Waals surface area contributed by atoms with Gasteiger partial charge in [0, 0.05) is 12.6 Å². The molecular formula is C14H12ClFN2O2. The van der Waals surface area contributed by atoms with Gasteiger partial charge in [0.2, 0.25) is 0 Å². The molecule has 0 aliphatic heterocycles. The van der Waals surface area contributed by atoms with Gasteiger partial charge in [0.25, 0.3) is 5.69 Å². The molecule has 0 bridgehead atoms. The van der Waals surface area contributed by atoms with Crippen molar-refractivity contribution in [1.29, 1.82) is 0 Å². The highest BCUT2D eigenvalue weighted by atomic mass is 35.5. The van der Waals surface area contributed by atoms with Crippen LogP contribution in [0.2, 0.25) is 5.02 Å². The van der Waals surface area contributed by atoms with Crippen molar-refractivity contribution in [3.05, 3.63) is 68.5 Å². The van der Waals surface area contributed by atoms with Crippen LogP contribution in [0, 0.1) is 22.9 Å². The first-order valence-electron chi connectivity index (χ1n) is 5.90. The normalized spacial score (nSPS) is 10.3. The van der Waals surface area contributed by atoms with Crippen molar-refractivity contribution in [1.82, 2.24) is 0 Å². The Bertz CT molecular complexity index is 662. The third-order valence-corrected chi connectivity index (χ3v) is 3.12. The average Bonchev–Trinajstić information content (AvgIpc) is 2.40. The highest BCUT2D eigenvalue weighted by Crippen LogP contribution is 2.26. The van der Waals surface area contributed by atoms with Gasteiger partial charge in [-0.25, -0.2) is 4.39 Å². The standard InChI is InChI=1S/C14H12ClFN2O2/c1-9-2-5-14(18(19)20)13(6-9)17-8-10-3-4-11(15)12(16)7-10/h2-7,17H,8H2,1H3. The lowest BCUT2D eigenvalue weighted by atomic mass is 10.1. The maximum absolute atomic E-state index is 13.3. The number of benzene rings is 2. The Kier molecular flexibility index (Phi) is 4.20. The minimum Gasteiger partial charge on any atom is -0.375 e. The molecule has 0 amide bonds. The minimum atomic E-state index is -0.510. The molecular weight excluding hydrogens is 283 g/mol. The van der Waals surface area contributed by atoms with Crippen LogP contribution in [0.25, 0.3) is 0 Å². The summed E-state index contributed by atoms with van der Waals surface area (Å²) in [6.45, 7) is 2.12. The van der Waals surface area contributed by atoms with Gasteiger partial charge in [0.1, 0.15) is 11.5 Å². The summed E-state index contributed by atoms with van der Waals surface area (Å²) in [5.74, 6) is -0.510. The van der Waals surface area contributed by atoms with E-state index in [9.17, 15) is 14.5 Å². The molecule has 0 heterocycles. The smallest absolute Gasteiger partial charge is 0.292 e. The van der Waals surface area contributed by atoms with E-state index in [1.807, 2.05) is 6.92 Å². The summed E-state index contributed by atoms with van der Waals surface area (Å²) in [6, 6.07) is 9.23. The maximum Gasteiger partial charge on any atom is 0.292 e. The van der Waals surface area contributed by atoms with E-state index in [1.165, 1.54) is 18.2 Å². The third kappa shape index (κ3) is 3.24. The molecule has 20 heavy (non-hydrogen) atoms. The number of anilines is 1. The van der Waals surface area contributed by atoms with Crippen LogP contribution >= 0.6 is 11.6 Å². The lowest BCUT2D eigenvalue weighted by molar-refractivity contribution is -0.384. The van der Waals surface area contributed by atoms with Crippen LogP contribution in [-0.4, -0.2) is 4.92 Å². The number of rotatable bonds is 4. The van der Waals surface area contributed by atoms with Crippen LogP contribution in [0.4, 0.5) is 15.8 Å². The molecule has 4 nitrogen and oxygen atoms in total. The van der Waals surface area contributed by atoms with Crippen molar-refractivity contribution in [2.75, 3.05) is 5.32 Å². The Balaban J connectivity index is 2.20. The van der Waals surface area contributed by atoms with E-state index in [0.717, 1.165) is 5.56 Å². The molecule has 1 N–H and O–H groups in total. The van der Waals surface area contributed by atoms with Crippen LogP contribution in [0.3, 0.4) is 0 Å². The third-order valence-electron chi connectivity index (χ3n) is 2.82. The topological polar surface area (TPSA) is 55.2 Å². The van der Waals surface area contributed by atoms with Gasteiger partial charge in [-0.05, 0) is 36.2 Å². The number of aryl methyl sites for hydroxylation is 1. The second-order valence-electron chi connectivity index (χ2n) is 4.38. The highest BCUT2D eigenvalue weighted by Gasteiger charge is 2.13. The van der Waals surface area contributed by atoms with E-state index in [-0.39, 0.29) is 17.3 Å². The largest absolute Gasteiger partial charge is 0.375 e. The number of nitro groups is 1. The molecule has 0 radical (unpaired) electrons. The summed E-state index contributed by atoms with van der Waals surface area (Å²) < 4.78 is 13.3. The number of hydrogen-bond donors (Lipinski definition) is 1. The van der Waals surface area contributed by atoms with E-state index in [4.69, 9.17) is 11.6 Å². The molecule has 2 aromatic carbocycles. The van der Waals surface area contributed by atoms with Crippen LogP contribution in [0.15, 0.2) is 36.4 Å². The molecule has 0 unspecified atom stereocenters. The van der Waals surface area contributed by atoms with E-state index in [2.05, 4.69) is 5.32 Å². The Hall–Kier alpha value is -2.14. The van der Waals surface area contributed by atoms with Gasteiger partial charge in [0.15, 0.2) is 0 Å². The van der Waals surface area contributed by atoms with Crippen molar-refractivity contribution in [3.8, 4) is 0 Å². The summed E-state index contributed by atoms with van der Waals surface area (Å²) in [6.07, 6.45) is 0. The summed E-state index contributed by atoms with van der Waals surface area (Å²) in [4.78, 5) is 10.5. The first-order chi connectivity index (χ1) is 9.47. The minimum absolute atomic E-state index is 0.00923. The molecule has 0 spiro atoms. The molecule has 0 aliphatic rings. The van der Waals surface area contributed by atoms with Gasteiger partial charge < -0.3 is 5.32 Å².